The van der Waals surface area contributed by atoms with E-state index in [-0.39, 0.29) is 70.3 Å². The first kappa shape index (κ1) is 9.02. The Morgan fingerprint density at radius 3 is 2.00 bits per heavy atom. The number of nitrogens with zero attached hydrogens (tertiary/aromatic N) is 1. The summed E-state index contributed by atoms with van der Waals surface area (Å²) < 4.78 is 0. The number of rotatable bonds is 0. The van der Waals surface area contributed by atoms with Gasteiger partial charge in [0.1, 0.15) is 0 Å². The van der Waals surface area contributed by atoms with Crippen molar-refractivity contribution in [1.29, 1.82) is 5.26 Å². The van der Waals surface area contributed by atoms with Crippen LogP contribution in [0.2, 0.25) is 0 Å². The Hall–Kier alpha value is 1.34. The average molecular weight is 177 g/mol. The van der Waals surface area contributed by atoms with Gasteiger partial charge in [-0.1, -0.05) is 0 Å². The van der Waals surface area contributed by atoms with Gasteiger partial charge in [0.2, 0.25) is 0 Å². The molecule has 0 aromatic rings. The van der Waals surface area contributed by atoms with E-state index < -0.39 is 0 Å². The van der Waals surface area contributed by atoms with Crippen molar-refractivity contribution >= 4 is 0 Å². The van der Waals surface area contributed by atoms with E-state index in [0.717, 1.165) is 6.26 Å². The summed E-state index contributed by atoms with van der Waals surface area (Å²) in [5.74, 6) is 0. The van der Waals surface area contributed by atoms with Crippen molar-refractivity contribution in [1.82, 2.24) is 0 Å². The zero-order valence-electron chi connectivity index (χ0n) is 3.39. The van der Waals surface area contributed by atoms with E-state index in [0.29, 0.717) is 0 Å². The fourth-order valence-electron chi connectivity index (χ4n) is 0. The van der Waals surface area contributed by atoms with E-state index in [4.69, 9.17) is 10.4 Å². The topological polar surface area (TPSA) is 44.0 Å². The number of aliphatic hydroxyl groups excluding tert-OH is 1. The molecule has 0 radical (unpaired) electrons. The minimum Gasteiger partial charge on any atom is -1.00 e. The summed E-state index contributed by atoms with van der Waals surface area (Å²) in [4.78, 5) is 0. The van der Waals surface area contributed by atoms with Crippen molar-refractivity contribution in [3.05, 3.63) is 0 Å². The Morgan fingerprint density at radius 1 is 2.00 bits per heavy atom. The molecule has 4 heavy (non-hydrogen) atoms. The van der Waals surface area contributed by atoms with Crippen LogP contribution >= 0.6 is 0 Å². The average Bonchev–Trinajstić information content (AvgIpc) is 0.918. The SMILES string of the molecule is N#CO.[Cs+].[H-]. The zero-order valence-corrected chi connectivity index (χ0v) is 8.67. The number of hydrogen-bond acceptors (Lipinski definition) is 2. The summed E-state index contributed by atoms with van der Waals surface area (Å²) in [5.41, 5.74) is 0. The predicted molar refractivity (Wildman–Crippen MR) is 8.66 cm³/mol. The summed E-state index contributed by atoms with van der Waals surface area (Å²) >= 11 is 0. The molecule has 0 saturated heterocycles. The van der Waals surface area contributed by atoms with Gasteiger partial charge in [0.25, 0.3) is 6.26 Å². The Kier molecular flexibility index (Phi) is 19.9. The monoisotopic (exact) mass is 177 g/mol. The molecule has 0 saturated carbocycles. The molecule has 0 aromatic heterocycles. The van der Waals surface area contributed by atoms with E-state index in [2.05, 4.69) is 0 Å². The second-order valence-electron chi connectivity index (χ2n) is 0.100. The van der Waals surface area contributed by atoms with Crippen molar-refractivity contribution in [2.75, 3.05) is 0 Å². The Morgan fingerprint density at radius 2 is 2.00 bits per heavy atom. The first-order valence-electron chi connectivity index (χ1n) is 0.447. The largest absolute Gasteiger partial charge is 1.00 e. The Bertz CT molecular complexity index is 33.1. The molecule has 0 heterocycles. The van der Waals surface area contributed by atoms with E-state index in [9.17, 15) is 0 Å². The first-order valence-corrected chi connectivity index (χ1v) is 0.447. The van der Waals surface area contributed by atoms with E-state index >= 15 is 0 Å². The minimum atomic E-state index is 0. The Labute approximate surface area is 84.7 Å². The van der Waals surface area contributed by atoms with E-state index in [1.165, 1.54) is 0 Å². The molecule has 0 fully saturated rings. The van der Waals surface area contributed by atoms with Crippen molar-refractivity contribution in [3.63, 3.8) is 0 Å². The molecule has 0 atom stereocenters. The molecule has 0 amide bonds. The number of aliphatic hydroxyl groups is 1. The van der Waals surface area contributed by atoms with Crippen LogP contribution in [0, 0.1) is 11.5 Å². The van der Waals surface area contributed by atoms with Gasteiger partial charge in [-0.25, -0.2) is 0 Å². The van der Waals surface area contributed by atoms with Gasteiger partial charge < -0.3 is 6.53 Å². The van der Waals surface area contributed by atoms with Gasteiger partial charge in [0.15, 0.2) is 0 Å². The van der Waals surface area contributed by atoms with E-state index in [1.807, 2.05) is 0 Å². The van der Waals surface area contributed by atoms with Crippen LogP contribution in [0.3, 0.4) is 0 Å². The maximum absolute atomic E-state index is 6.88. The maximum Gasteiger partial charge on any atom is 1.00 e. The summed E-state index contributed by atoms with van der Waals surface area (Å²) in [5, 5.41) is 13.8. The summed E-state index contributed by atoms with van der Waals surface area (Å²) in [6.07, 6.45) is 0.750. The van der Waals surface area contributed by atoms with Gasteiger partial charge in [0.05, 0.1) is 0 Å². The minimum absolute atomic E-state index is 0. The summed E-state index contributed by atoms with van der Waals surface area (Å²) in [6, 6.07) is 0. The third-order valence-corrected chi connectivity index (χ3v) is 0. The molecule has 3 heteroatoms. The first-order chi connectivity index (χ1) is 1.41. The maximum atomic E-state index is 6.88. The van der Waals surface area contributed by atoms with Gasteiger partial charge in [-0.3, -0.25) is 0 Å². The van der Waals surface area contributed by atoms with Gasteiger partial charge >= 0.3 is 68.9 Å². The molecule has 18 valence electrons. The van der Waals surface area contributed by atoms with Gasteiger partial charge in [-0.05, 0) is 0 Å². The van der Waals surface area contributed by atoms with Crippen molar-refractivity contribution in [3.8, 4) is 6.26 Å². The third kappa shape index (κ3) is 10.2. The molecule has 0 aliphatic carbocycles. The smallest absolute Gasteiger partial charge is 1.00 e. The predicted octanol–water partition coefficient (Wildman–Crippen LogP) is -3.04. The van der Waals surface area contributed by atoms with Gasteiger partial charge in [0, 0.05) is 0 Å². The summed E-state index contributed by atoms with van der Waals surface area (Å²) in [6.45, 7) is 0. The molecular weight excluding hydrogens is 175 g/mol. The third-order valence-electron chi connectivity index (χ3n) is 0. The molecule has 0 aliphatic heterocycles. The molecule has 0 spiro atoms. The molecular formula is CH2CsNO. The zero-order chi connectivity index (χ0) is 2.71. The van der Waals surface area contributed by atoms with Crippen LogP contribution in [0.25, 0.3) is 0 Å². The molecule has 0 bridgehead atoms. The summed E-state index contributed by atoms with van der Waals surface area (Å²) in [7, 11) is 0. The van der Waals surface area contributed by atoms with Crippen LogP contribution in [0.1, 0.15) is 1.43 Å². The van der Waals surface area contributed by atoms with Crippen LogP contribution in [0.5, 0.6) is 0 Å². The quantitative estimate of drug-likeness (QED) is 0.399. The van der Waals surface area contributed by atoms with Crippen LogP contribution in [0.15, 0.2) is 0 Å². The molecule has 0 aromatic carbocycles. The molecule has 0 rings (SSSR count). The van der Waals surface area contributed by atoms with Gasteiger partial charge in [-0.15, -0.1) is 0 Å². The van der Waals surface area contributed by atoms with Crippen LogP contribution in [-0.4, -0.2) is 5.11 Å². The normalized spacial score (nSPS) is 1.75. The second kappa shape index (κ2) is 8.84. The fraction of sp³-hybridized carbons (Fsp3) is 0. The Balaban J connectivity index is -0.0000000200. The molecule has 0 aliphatic rings. The van der Waals surface area contributed by atoms with Crippen molar-refractivity contribution < 1.29 is 75.4 Å². The number of nitriles is 1. The fourth-order valence-corrected chi connectivity index (χ4v) is 0. The standard InChI is InChI=1S/CHNO.Cs.H/c2-1-3;;/h3H;;/q;+1;-1. The van der Waals surface area contributed by atoms with Crippen molar-refractivity contribution in [2.45, 2.75) is 0 Å². The second-order valence-corrected chi connectivity index (χ2v) is 0.100. The molecule has 1 N–H and O–H groups in total. The van der Waals surface area contributed by atoms with Gasteiger partial charge in [-0.2, -0.15) is 5.26 Å². The van der Waals surface area contributed by atoms with Crippen molar-refractivity contribution in [2.24, 2.45) is 0 Å². The van der Waals surface area contributed by atoms with Crippen LogP contribution < -0.4 is 68.9 Å². The molecule has 0 unspecified atom stereocenters. The van der Waals surface area contributed by atoms with E-state index in [1.54, 1.807) is 0 Å². The molecule has 2 nitrogen and oxygen atoms in total. The van der Waals surface area contributed by atoms with Crippen LogP contribution in [-0.2, 0) is 0 Å². The van der Waals surface area contributed by atoms with Crippen LogP contribution in [0.4, 0.5) is 0 Å². The number of hydrogen-bond donors (Lipinski definition) is 1.